The molecule has 0 amide bonds. The van der Waals surface area contributed by atoms with E-state index in [1.54, 1.807) is 11.3 Å². The molecular weight excluding hydrogens is 330 g/mol. The topological polar surface area (TPSA) is 12.0 Å². The zero-order valence-electron chi connectivity index (χ0n) is 10.1. The first-order valence-corrected chi connectivity index (χ1v) is 7.92. The summed E-state index contributed by atoms with van der Waals surface area (Å²) >= 11 is 11.4. The van der Waals surface area contributed by atoms with Crippen LogP contribution in [0.25, 0.3) is 0 Å². The van der Waals surface area contributed by atoms with Crippen LogP contribution in [0.15, 0.2) is 39.5 Å². The average molecular weight is 345 g/mol. The van der Waals surface area contributed by atoms with Crippen molar-refractivity contribution in [2.24, 2.45) is 0 Å². The van der Waals surface area contributed by atoms with Crippen LogP contribution in [-0.4, -0.2) is 13.1 Å². The van der Waals surface area contributed by atoms with Crippen LogP contribution in [-0.2, 0) is 12.8 Å². The lowest BCUT2D eigenvalue weighted by molar-refractivity contribution is 0.557. The van der Waals surface area contributed by atoms with Crippen molar-refractivity contribution in [1.29, 1.82) is 0 Å². The number of halogens is 2. The van der Waals surface area contributed by atoms with Crippen LogP contribution in [0.1, 0.15) is 11.1 Å². The van der Waals surface area contributed by atoms with E-state index in [2.05, 4.69) is 44.1 Å². The number of rotatable bonds is 5. The summed E-state index contributed by atoms with van der Waals surface area (Å²) in [6.07, 6.45) is 1.98. The van der Waals surface area contributed by atoms with Crippen LogP contribution in [0.4, 0.5) is 0 Å². The Morgan fingerprint density at radius 2 is 2.17 bits per heavy atom. The van der Waals surface area contributed by atoms with Gasteiger partial charge in [0.05, 0.1) is 0 Å². The zero-order valence-corrected chi connectivity index (χ0v) is 13.3. The van der Waals surface area contributed by atoms with Gasteiger partial charge in [0.25, 0.3) is 0 Å². The Labute approximate surface area is 125 Å². The van der Waals surface area contributed by atoms with Gasteiger partial charge in [-0.3, -0.25) is 0 Å². The number of likely N-dealkylation sites (N-methyl/N-ethyl adjacent to an activating group) is 1. The summed E-state index contributed by atoms with van der Waals surface area (Å²) in [7, 11) is 2.00. The number of hydrogen-bond acceptors (Lipinski definition) is 2. The Hall–Kier alpha value is -0.350. The summed E-state index contributed by atoms with van der Waals surface area (Å²) in [5, 5.41) is 8.52. The molecule has 1 aromatic heterocycles. The van der Waals surface area contributed by atoms with Crippen molar-refractivity contribution in [3.63, 3.8) is 0 Å². The summed E-state index contributed by atoms with van der Waals surface area (Å²) in [5.41, 5.74) is 2.57. The van der Waals surface area contributed by atoms with Gasteiger partial charge in [0.15, 0.2) is 0 Å². The van der Waals surface area contributed by atoms with Gasteiger partial charge in [-0.15, -0.1) is 0 Å². The monoisotopic (exact) mass is 343 g/mol. The van der Waals surface area contributed by atoms with Gasteiger partial charge in [0, 0.05) is 15.5 Å². The Morgan fingerprint density at radius 1 is 1.33 bits per heavy atom. The molecule has 18 heavy (non-hydrogen) atoms. The summed E-state index contributed by atoms with van der Waals surface area (Å²) in [5.74, 6) is 0. The molecule has 0 aliphatic carbocycles. The van der Waals surface area contributed by atoms with E-state index in [1.807, 2.05) is 19.2 Å². The van der Waals surface area contributed by atoms with E-state index in [-0.39, 0.29) is 0 Å². The molecule has 0 bridgehead atoms. The average Bonchev–Trinajstić information content (AvgIpc) is 2.84. The van der Waals surface area contributed by atoms with Gasteiger partial charge in [-0.1, -0.05) is 33.6 Å². The number of benzene rings is 1. The third kappa shape index (κ3) is 3.82. The molecular formula is C14H15BrClNS. The summed E-state index contributed by atoms with van der Waals surface area (Å²) in [6.45, 7) is 0. The van der Waals surface area contributed by atoms with E-state index in [0.29, 0.717) is 6.04 Å². The first kappa shape index (κ1) is 14.1. The van der Waals surface area contributed by atoms with Crippen molar-refractivity contribution in [2.45, 2.75) is 18.9 Å². The molecule has 0 spiro atoms. The van der Waals surface area contributed by atoms with Crippen LogP contribution in [0.2, 0.25) is 5.02 Å². The van der Waals surface area contributed by atoms with Gasteiger partial charge in [-0.05, 0) is 60.0 Å². The van der Waals surface area contributed by atoms with Crippen LogP contribution in [0.3, 0.4) is 0 Å². The Bertz CT molecular complexity index is 499. The van der Waals surface area contributed by atoms with Crippen molar-refractivity contribution < 1.29 is 0 Å². The molecule has 1 N–H and O–H groups in total. The minimum atomic E-state index is 0.415. The van der Waals surface area contributed by atoms with Gasteiger partial charge in [0.2, 0.25) is 0 Å². The molecule has 1 atom stereocenters. The quantitative estimate of drug-likeness (QED) is 0.840. The second-order valence-corrected chi connectivity index (χ2v) is 6.36. The second kappa shape index (κ2) is 6.71. The van der Waals surface area contributed by atoms with E-state index in [1.165, 1.54) is 11.1 Å². The van der Waals surface area contributed by atoms with Gasteiger partial charge >= 0.3 is 0 Å². The third-order valence-corrected chi connectivity index (χ3v) is 4.53. The highest BCUT2D eigenvalue weighted by Gasteiger charge is 2.11. The first-order chi connectivity index (χ1) is 8.69. The molecule has 0 saturated carbocycles. The standard InChI is InChI=1S/C14H15BrClNS/c1-17-13(6-10-4-5-18-9-10)7-11-2-3-12(15)8-14(11)16/h2-5,8-9,13,17H,6-7H2,1H3. The molecule has 1 heterocycles. The van der Waals surface area contributed by atoms with Crippen LogP contribution in [0, 0.1) is 0 Å². The van der Waals surface area contributed by atoms with E-state index in [0.717, 1.165) is 22.3 Å². The second-order valence-electron chi connectivity index (χ2n) is 4.26. The smallest absolute Gasteiger partial charge is 0.0449 e. The first-order valence-electron chi connectivity index (χ1n) is 5.81. The molecule has 2 aromatic rings. The molecule has 0 fully saturated rings. The third-order valence-electron chi connectivity index (χ3n) is 2.95. The highest BCUT2D eigenvalue weighted by Crippen LogP contribution is 2.23. The lowest BCUT2D eigenvalue weighted by atomic mass is 10.0. The summed E-state index contributed by atoms with van der Waals surface area (Å²) in [4.78, 5) is 0. The SMILES string of the molecule is CNC(Cc1ccsc1)Cc1ccc(Br)cc1Cl. The van der Waals surface area contributed by atoms with E-state index < -0.39 is 0 Å². The molecule has 4 heteroatoms. The molecule has 1 unspecified atom stereocenters. The fraction of sp³-hybridized carbons (Fsp3) is 0.286. The van der Waals surface area contributed by atoms with E-state index in [4.69, 9.17) is 11.6 Å². The maximum Gasteiger partial charge on any atom is 0.0449 e. The molecule has 0 aliphatic heterocycles. The zero-order chi connectivity index (χ0) is 13.0. The van der Waals surface area contributed by atoms with Gasteiger partial charge < -0.3 is 5.32 Å². The highest BCUT2D eigenvalue weighted by molar-refractivity contribution is 9.10. The normalized spacial score (nSPS) is 12.6. The van der Waals surface area contributed by atoms with Gasteiger partial charge in [-0.25, -0.2) is 0 Å². The van der Waals surface area contributed by atoms with Gasteiger partial charge in [-0.2, -0.15) is 11.3 Å². The van der Waals surface area contributed by atoms with Crippen molar-refractivity contribution in [3.8, 4) is 0 Å². The lowest BCUT2D eigenvalue weighted by Gasteiger charge is -2.16. The maximum absolute atomic E-state index is 6.26. The maximum atomic E-state index is 6.26. The lowest BCUT2D eigenvalue weighted by Crippen LogP contribution is -2.29. The fourth-order valence-corrected chi connectivity index (χ4v) is 3.35. The Kier molecular flexibility index (Phi) is 5.25. The Morgan fingerprint density at radius 3 is 2.78 bits per heavy atom. The largest absolute Gasteiger partial charge is 0.316 e. The molecule has 0 saturated heterocycles. The fourth-order valence-electron chi connectivity index (χ4n) is 1.92. The molecule has 2 rings (SSSR count). The number of thiophene rings is 1. The molecule has 0 aliphatic rings. The molecule has 0 radical (unpaired) electrons. The summed E-state index contributed by atoms with van der Waals surface area (Å²) in [6, 6.07) is 8.67. The minimum absolute atomic E-state index is 0.415. The van der Waals surface area contributed by atoms with Crippen molar-refractivity contribution >= 4 is 38.9 Å². The van der Waals surface area contributed by atoms with Crippen LogP contribution in [0.5, 0.6) is 0 Å². The predicted molar refractivity (Wildman–Crippen MR) is 83.7 cm³/mol. The molecule has 1 aromatic carbocycles. The van der Waals surface area contributed by atoms with Crippen LogP contribution >= 0.6 is 38.9 Å². The number of nitrogens with one attached hydrogen (secondary N) is 1. The Balaban J connectivity index is 2.05. The molecule has 1 nitrogen and oxygen atoms in total. The molecule has 96 valence electrons. The van der Waals surface area contributed by atoms with Gasteiger partial charge in [0.1, 0.15) is 0 Å². The highest BCUT2D eigenvalue weighted by atomic mass is 79.9. The summed E-state index contributed by atoms with van der Waals surface area (Å²) < 4.78 is 1.02. The number of hydrogen-bond donors (Lipinski definition) is 1. The van der Waals surface area contributed by atoms with Crippen molar-refractivity contribution in [2.75, 3.05) is 7.05 Å². The van der Waals surface area contributed by atoms with E-state index >= 15 is 0 Å². The predicted octanol–water partition coefficient (Wildman–Crippen LogP) is 4.54. The minimum Gasteiger partial charge on any atom is -0.316 e. The van der Waals surface area contributed by atoms with Crippen LogP contribution < -0.4 is 5.32 Å². The van der Waals surface area contributed by atoms with E-state index in [9.17, 15) is 0 Å². The van der Waals surface area contributed by atoms with Crippen molar-refractivity contribution in [3.05, 3.63) is 55.6 Å². The van der Waals surface area contributed by atoms with Crippen molar-refractivity contribution in [1.82, 2.24) is 5.32 Å².